The van der Waals surface area contributed by atoms with Crippen LogP contribution in [0.15, 0.2) is 96.6 Å². The molecule has 0 heteroatoms. The lowest BCUT2D eigenvalue weighted by molar-refractivity contribution is 0.620. The second kappa shape index (κ2) is 5.71. The van der Waals surface area contributed by atoms with Crippen LogP contribution in [0.25, 0.3) is 6.08 Å². The number of rotatable bonds is 3. The molecule has 3 aromatic carbocycles. The molecule has 2 aliphatic carbocycles. The van der Waals surface area contributed by atoms with Crippen LogP contribution in [0.2, 0.25) is 0 Å². The zero-order valence-corrected chi connectivity index (χ0v) is 15.2. The third kappa shape index (κ3) is 2.02. The molecule has 0 N–H and O–H groups in total. The van der Waals surface area contributed by atoms with E-state index in [0.29, 0.717) is 5.92 Å². The molecule has 0 nitrogen and oxygen atoms in total. The average molecular weight is 336 g/mol. The molecule has 3 aromatic rings. The van der Waals surface area contributed by atoms with E-state index in [1.54, 1.807) is 5.57 Å². The Bertz CT molecular complexity index is 882. The maximum absolute atomic E-state index is 2.46. The van der Waals surface area contributed by atoms with Crippen LogP contribution in [-0.2, 0) is 10.8 Å². The average Bonchev–Trinajstić information content (AvgIpc) is 3.04. The molecule has 2 aliphatic rings. The third-order valence-corrected chi connectivity index (χ3v) is 6.95. The van der Waals surface area contributed by atoms with Gasteiger partial charge in [-0.3, -0.25) is 0 Å². The minimum absolute atomic E-state index is 0.246. The van der Waals surface area contributed by atoms with E-state index in [1.807, 2.05) is 0 Å². The Labute approximate surface area is 156 Å². The van der Waals surface area contributed by atoms with Gasteiger partial charge in [0.25, 0.3) is 0 Å². The van der Waals surface area contributed by atoms with Crippen molar-refractivity contribution >= 4 is 6.08 Å². The van der Waals surface area contributed by atoms with E-state index in [1.165, 1.54) is 29.5 Å². The predicted octanol–water partition coefficient (Wildman–Crippen LogP) is 6.39. The fourth-order valence-electron chi connectivity index (χ4n) is 5.79. The standard InChI is InChI=1S/C26H24/c1-20-25(23-13-7-3-8-14-23)18-22(17-21-11-5-2-6-12-21)19-26(20,25)24-15-9-4-10-16-24/h2-17,20H,18-19H2,1H3/t20?,25-,26+. The summed E-state index contributed by atoms with van der Waals surface area (Å²) in [6, 6.07) is 33.2. The summed E-state index contributed by atoms with van der Waals surface area (Å²) in [4.78, 5) is 0. The lowest BCUT2D eigenvalue weighted by Crippen LogP contribution is -2.15. The highest BCUT2D eigenvalue weighted by molar-refractivity contribution is 5.64. The predicted molar refractivity (Wildman–Crippen MR) is 109 cm³/mol. The molecule has 0 heterocycles. The number of benzene rings is 3. The van der Waals surface area contributed by atoms with Gasteiger partial charge < -0.3 is 0 Å². The van der Waals surface area contributed by atoms with Crippen LogP contribution < -0.4 is 0 Å². The maximum atomic E-state index is 2.46. The van der Waals surface area contributed by atoms with Crippen LogP contribution in [0.3, 0.4) is 0 Å². The molecule has 26 heavy (non-hydrogen) atoms. The Balaban J connectivity index is 1.64. The molecule has 0 radical (unpaired) electrons. The SMILES string of the molecule is CC1[C@@]2(c3ccccc3)CC(=Cc3ccccc3)C[C@@]12c1ccccc1. The van der Waals surface area contributed by atoms with E-state index in [2.05, 4.69) is 104 Å². The minimum atomic E-state index is 0.246. The highest BCUT2D eigenvalue weighted by atomic mass is 14.8. The van der Waals surface area contributed by atoms with Crippen molar-refractivity contribution in [3.8, 4) is 0 Å². The van der Waals surface area contributed by atoms with Crippen molar-refractivity contribution in [1.82, 2.24) is 0 Å². The van der Waals surface area contributed by atoms with E-state index in [0.717, 1.165) is 0 Å². The Morgan fingerprint density at radius 2 is 1.08 bits per heavy atom. The first-order valence-electron chi connectivity index (χ1n) is 9.63. The second-order valence-corrected chi connectivity index (χ2v) is 7.96. The third-order valence-electron chi connectivity index (χ3n) is 6.95. The summed E-state index contributed by atoms with van der Waals surface area (Å²) >= 11 is 0. The Morgan fingerprint density at radius 3 is 1.54 bits per heavy atom. The van der Waals surface area contributed by atoms with E-state index in [-0.39, 0.29) is 10.8 Å². The molecule has 128 valence electrons. The smallest absolute Gasteiger partial charge is 0.0127 e. The van der Waals surface area contributed by atoms with Crippen LogP contribution >= 0.6 is 0 Å². The van der Waals surface area contributed by atoms with Crippen molar-refractivity contribution in [1.29, 1.82) is 0 Å². The fourth-order valence-corrected chi connectivity index (χ4v) is 5.79. The van der Waals surface area contributed by atoms with Crippen LogP contribution in [-0.4, -0.2) is 0 Å². The van der Waals surface area contributed by atoms with Crippen LogP contribution in [0.1, 0.15) is 36.5 Å². The zero-order chi connectivity index (χ0) is 17.6. The summed E-state index contributed by atoms with van der Waals surface area (Å²) in [5.41, 5.74) is 6.41. The highest BCUT2D eigenvalue weighted by Crippen LogP contribution is 2.79. The van der Waals surface area contributed by atoms with Crippen molar-refractivity contribution in [3.63, 3.8) is 0 Å². The van der Waals surface area contributed by atoms with E-state index >= 15 is 0 Å². The lowest BCUT2D eigenvalue weighted by atomic mass is 9.84. The van der Waals surface area contributed by atoms with Gasteiger partial charge in [-0.25, -0.2) is 0 Å². The Morgan fingerprint density at radius 1 is 0.654 bits per heavy atom. The molecular weight excluding hydrogens is 312 g/mol. The summed E-state index contributed by atoms with van der Waals surface area (Å²) in [5.74, 6) is 0.674. The molecule has 0 saturated heterocycles. The molecule has 2 saturated carbocycles. The summed E-state index contributed by atoms with van der Waals surface area (Å²) in [7, 11) is 0. The summed E-state index contributed by atoms with van der Waals surface area (Å²) in [5, 5.41) is 0. The largest absolute Gasteiger partial charge is 0.0678 e. The second-order valence-electron chi connectivity index (χ2n) is 7.96. The summed E-state index contributed by atoms with van der Waals surface area (Å²) < 4.78 is 0. The summed E-state index contributed by atoms with van der Waals surface area (Å²) in [6.45, 7) is 2.46. The number of fused-ring (bicyclic) bond motifs is 1. The van der Waals surface area contributed by atoms with Crippen molar-refractivity contribution in [2.45, 2.75) is 30.6 Å². The molecule has 2 fully saturated rings. The van der Waals surface area contributed by atoms with Gasteiger partial charge in [-0.05, 0) is 35.4 Å². The molecule has 0 bridgehead atoms. The number of hydrogen-bond acceptors (Lipinski definition) is 0. The van der Waals surface area contributed by atoms with Crippen molar-refractivity contribution in [2.75, 3.05) is 0 Å². The van der Waals surface area contributed by atoms with Gasteiger partial charge in [0.15, 0.2) is 0 Å². The van der Waals surface area contributed by atoms with Gasteiger partial charge >= 0.3 is 0 Å². The van der Waals surface area contributed by atoms with Crippen molar-refractivity contribution in [3.05, 3.63) is 113 Å². The first-order valence-corrected chi connectivity index (χ1v) is 9.63. The molecule has 0 spiro atoms. The zero-order valence-electron chi connectivity index (χ0n) is 15.2. The Kier molecular flexibility index (Phi) is 3.43. The monoisotopic (exact) mass is 336 g/mol. The van der Waals surface area contributed by atoms with Crippen molar-refractivity contribution in [2.24, 2.45) is 5.92 Å². The highest BCUT2D eigenvalue weighted by Gasteiger charge is 2.77. The van der Waals surface area contributed by atoms with Crippen LogP contribution in [0, 0.1) is 5.92 Å². The Hall–Kier alpha value is -2.60. The van der Waals surface area contributed by atoms with E-state index in [9.17, 15) is 0 Å². The topological polar surface area (TPSA) is 0 Å². The fraction of sp³-hybridized carbons (Fsp3) is 0.231. The van der Waals surface area contributed by atoms with Crippen LogP contribution in [0.5, 0.6) is 0 Å². The van der Waals surface area contributed by atoms with Gasteiger partial charge in [0.1, 0.15) is 0 Å². The molecular formula is C26H24. The van der Waals surface area contributed by atoms with Gasteiger partial charge in [0, 0.05) is 10.8 Å². The number of hydrogen-bond donors (Lipinski definition) is 0. The molecule has 1 unspecified atom stereocenters. The first kappa shape index (κ1) is 15.6. The van der Waals surface area contributed by atoms with Gasteiger partial charge in [-0.1, -0.05) is 110 Å². The van der Waals surface area contributed by atoms with Gasteiger partial charge in [-0.2, -0.15) is 0 Å². The number of allylic oxidation sites excluding steroid dienone is 1. The quantitative estimate of drug-likeness (QED) is 0.520. The van der Waals surface area contributed by atoms with Gasteiger partial charge in [-0.15, -0.1) is 0 Å². The summed E-state index contributed by atoms with van der Waals surface area (Å²) in [6.07, 6.45) is 4.76. The molecule has 0 aromatic heterocycles. The van der Waals surface area contributed by atoms with E-state index < -0.39 is 0 Å². The van der Waals surface area contributed by atoms with Crippen molar-refractivity contribution < 1.29 is 0 Å². The van der Waals surface area contributed by atoms with Gasteiger partial charge in [0.2, 0.25) is 0 Å². The maximum Gasteiger partial charge on any atom is 0.0127 e. The lowest BCUT2D eigenvalue weighted by Gasteiger charge is -2.19. The van der Waals surface area contributed by atoms with Gasteiger partial charge in [0.05, 0.1) is 0 Å². The van der Waals surface area contributed by atoms with E-state index in [4.69, 9.17) is 0 Å². The first-order chi connectivity index (χ1) is 12.8. The molecule has 5 rings (SSSR count). The molecule has 3 atom stereocenters. The molecule has 0 amide bonds. The molecule has 0 aliphatic heterocycles. The normalized spacial score (nSPS) is 31.0. The minimum Gasteiger partial charge on any atom is -0.0678 e. The van der Waals surface area contributed by atoms with Crippen LogP contribution in [0.4, 0.5) is 0 Å².